The van der Waals surface area contributed by atoms with Crippen LogP contribution in [0.1, 0.15) is 10.4 Å². The fraction of sp³-hybridized carbons (Fsp3) is 0.250. The molecule has 0 aliphatic carbocycles. The second-order valence-electron chi connectivity index (χ2n) is 2.93. The average Bonchev–Trinajstić information content (AvgIpc) is 2.25. The molecule has 1 aromatic rings. The van der Waals surface area contributed by atoms with E-state index in [1.165, 1.54) is 0 Å². The molecule has 0 saturated heterocycles. The van der Waals surface area contributed by atoms with Crippen molar-refractivity contribution in [3.63, 3.8) is 0 Å². The van der Waals surface area contributed by atoms with Gasteiger partial charge in [-0.15, -0.1) is 13.2 Å². The summed E-state index contributed by atoms with van der Waals surface area (Å²) >= 11 is 5.08. The van der Waals surface area contributed by atoms with Crippen molar-refractivity contribution >= 4 is 22.7 Å². The molecule has 0 unspecified atom stereocenters. The number of ether oxygens (including phenoxy) is 2. The molecule has 0 saturated carbocycles. The highest BCUT2D eigenvalue weighted by atomic mass is 35.5. The smallest absolute Gasteiger partial charge is 0.488 e. The Hall–Kier alpha value is -2.10. The third-order valence-corrected chi connectivity index (χ3v) is 1.97. The van der Waals surface area contributed by atoms with E-state index in [0.717, 1.165) is 7.11 Å². The van der Waals surface area contributed by atoms with Crippen LogP contribution < -0.4 is 9.47 Å². The summed E-state index contributed by atoms with van der Waals surface area (Å²) in [6.45, 7) is 0. The van der Waals surface area contributed by atoms with E-state index in [1.807, 2.05) is 0 Å². The first-order valence-electron chi connectivity index (χ1n) is 4.34. The third-order valence-electron chi connectivity index (χ3n) is 1.78. The number of hydrogen-bond acceptors (Lipinski definition) is 6. The SMILES string of the molecule is COc1c([N+](=O)[O-])ncc(OC(F)(F)F)c1C(=O)Cl. The second-order valence-corrected chi connectivity index (χ2v) is 3.28. The lowest BCUT2D eigenvalue weighted by Gasteiger charge is -2.12. The predicted octanol–water partition coefficient (Wildman–Crippen LogP) is 2.28. The topological polar surface area (TPSA) is 91.6 Å². The maximum absolute atomic E-state index is 12.1. The first-order chi connectivity index (χ1) is 8.67. The van der Waals surface area contributed by atoms with Crippen LogP contribution in [0.2, 0.25) is 0 Å². The first-order valence-corrected chi connectivity index (χ1v) is 4.72. The van der Waals surface area contributed by atoms with Crippen LogP contribution in [0.3, 0.4) is 0 Å². The van der Waals surface area contributed by atoms with Crippen LogP contribution in [0.5, 0.6) is 11.5 Å². The van der Waals surface area contributed by atoms with Crippen molar-refractivity contribution < 1.29 is 32.4 Å². The summed E-state index contributed by atoms with van der Waals surface area (Å²) in [5, 5.41) is 9.18. The molecule has 0 radical (unpaired) electrons. The maximum Gasteiger partial charge on any atom is 0.573 e. The molecule has 0 bridgehead atoms. The number of rotatable bonds is 4. The van der Waals surface area contributed by atoms with Gasteiger partial charge in [0.15, 0.2) is 11.9 Å². The molecule has 7 nitrogen and oxygen atoms in total. The van der Waals surface area contributed by atoms with Crippen molar-refractivity contribution in [3.8, 4) is 11.5 Å². The van der Waals surface area contributed by atoms with Gasteiger partial charge in [-0.1, -0.05) is 0 Å². The van der Waals surface area contributed by atoms with Gasteiger partial charge in [0.1, 0.15) is 5.56 Å². The summed E-state index contributed by atoms with van der Waals surface area (Å²) in [6, 6.07) is 0. The largest absolute Gasteiger partial charge is 0.573 e. The first kappa shape index (κ1) is 15.0. The molecule has 0 aliphatic heterocycles. The highest BCUT2D eigenvalue weighted by Crippen LogP contribution is 2.38. The Bertz CT molecular complexity index is 534. The van der Waals surface area contributed by atoms with Gasteiger partial charge >= 0.3 is 12.2 Å². The molecular formula is C8H4ClF3N2O5. The summed E-state index contributed by atoms with van der Waals surface area (Å²) in [4.78, 5) is 23.8. The van der Waals surface area contributed by atoms with Gasteiger partial charge in [0.25, 0.3) is 5.24 Å². The van der Waals surface area contributed by atoms with Crippen LogP contribution in [-0.2, 0) is 0 Å². The number of aromatic nitrogens is 1. The van der Waals surface area contributed by atoms with Crippen molar-refractivity contribution in [2.24, 2.45) is 0 Å². The molecular weight excluding hydrogens is 297 g/mol. The van der Waals surface area contributed by atoms with E-state index in [9.17, 15) is 28.1 Å². The summed E-state index contributed by atoms with van der Waals surface area (Å²) in [5.74, 6) is -2.86. The van der Waals surface area contributed by atoms with Gasteiger partial charge in [0, 0.05) is 0 Å². The minimum Gasteiger partial charge on any atom is -0.488 e. The van der Waals surface area contributed by atoms with Crippen LogP contribution in [-0.4, -0.2) is 28.6 Å². The Morgan fingerprint density at radius 3 is 2.47 bits per heavy atom. The number of nitrogens with zero attached hydrogens (tertiary/aromatic N) is 2. The zero-order valence-electron chi connectivity index (χ0n) is 9.02. The Balaban J connectivity index is 3.50. The van der Waals surface area contributed by atoms with E-state index in [1.54, 1.807) is 0 Å². The monoisotopic (exact) mass is 300 g/mol. The molecule has 1 heterocycles. The lowest BCUT2D eigenvalue weighted by Crippen LogP contribution is -2.19. The number of pyridine rings is 1. The zero-order chi connectivity index (χ0) is 14.8. The molecule has 11 heteroatoms. The molecule has 0 aliphatic rings. The van der Waals surface area contributed by atoms with Gasteiger partial charge in [-0.25, -0.2) is 0 Å². The van der Waals surface area contributed by atoms with Crippen molar-refractivity contribution in [1.29, 1.82) is 0 Å². The highest BCUT2D eigenvalue weighted by molar-refractivity contribution is 6.68. The minimum atomic E-state index is -5.12. The van der Waals surface area contributed by atoms with Gasteiger partial charge in [0.2, 0.25) is 5.75 Å². The second kappa shape index (κ2) is 5.26. The van der Waals surface area contributed by atoms with Crippen LogP contribution in [0.4, 0.5) is 19.0 Å². The molecule has 0 aromatic carbocycles. The Kier molecular flexibility index (Phi) is 4.14. The fourth-order valence-electron chi connectivity index (χ4n) is 1.18. The molecule has 19 heavy (non-hydrogen) atoms. The summed E-state index contributed by atoms with van der Waals surface area (Å²) in [6.07, 6.45) is -4.76. The van der Waals surface area contributed by atoms with Crippen molar-refractivity contribution in [2.75, 3.05) is 7.11 Å². The summed E-state index contributed by atoms with van der Waals surface area (Å²) in [7, 11) is 0.907. The Labute approximate surface area is 108 Å². The number of halogens is 4. The number of carbonyl (C=O) groups excluding carboxylic acids is 1. The summed E-state index contributed by atoms with van der Waals surface area (Å²) in [5.41, 5.74) is -0.928. The van der Waals surface area contributed by atoms with Gasteiger partial charge in [-0.05, 0) is 21.5 Å². The van der Waals surface area contributed by atoms with Crippen LogP contribution in [0.25, 0.3) is 0 Å². The van der Waals surface area contributed by atoms with E-state index in [0.29, 0.717) is 6.20 Å². The molecule has 0 atom stereocenters. The van der Waals surface area contributed by atoms with Gasteiger partial charge in [-0.2, -0.15) is 0 Å². The predicted molar refractivity (Wildman–Crippen MR) is 54.3 cm³/mol. The van der Waals surface area contributed by atoms with Gasteiger partial charge in [-0.3, -0.25) is 4.79 Å². The van der Waals surface area contributed by atoms with Gasteiger partial charge < -0.3 is 19.6 Å². The van der Waals surface area contributed by atoms with E-state index in [-0.39, 0.29) is 0 Å². The van der Waals surface area contributed by atoms with Crippen LogP contribution in [0, 0.1) is 10.1 Å². The number of nitro groups is 1. The number of carbonyl (C=O) groups is 1. The standard InChI is InChI=1S/C8H4ClF3N2O5/c1-18-5-4(6(9)15)3(19-8(10,11)12)2-13-7(5)14(16)17/h2H,1H3. The molecule has 0 spiro atoms. The van der Waals surface area contributed by atoms with E-state index in [2.05, 4.69) is 14.5 Å². The minimum absolute atomic E-state index is 0.365. The van der Waals surface area contributed by atoms with Crippen molar-refractivity contribution in [3.05, 3.63) is 21.9 Å². The van der Waals surface area contributed by atoms with Gasteiger partial charge in [0.05, 0.1) is 7.11 Å². The zero-order valence-corrected chi connectivity index (χ0v) is 9.78. The number of methoxy groups -OCH3 is 1. The van der Waals surface area contributed by atoms with Crippen LogP contribution in [0.15, 0.2) is 6.20 Å². The van der Waals surface area contributed by atoms with E-state index >= 15 is 0 Å². The van der Waals surface area contributed by atoms with Crippen LogP contribution >= 0.6 is 11.6 Å². The average molecular weight is 301 g/mol. The van der Waals surface area contributed by atoms with Crippen molar-refractivity contribution in [2.45, 2.75) is 6.36 Å². The summed E-state index contributed by atoms with van der Waals surface area (Å²) < 4.78 is 44.3. The normalized spacial score (nSPS) is 11.0. The number of hydrogen-bond donors (Lipinski definition) is 0. The van der Waals surface area contributed by atoms with E-state index in [4.69, 9.17) is 11.6 Å². The molecule has 104 valence electrons. The lowest BCUT2D eigenvalue weighted by molar-refractivity contribution is -0.390. The molecule has 0 N–H and O–H groups in total. The molecule has 1 aromatic heterocycles. The van der Waals surface area contributed by atoms with E-state index < -0.39 is 39.4 Å². The highest BCUT2D eigenvalue weighted by Gasteiger charge is 2.37. The molecule has 0 fully saturated rings. The number of alkyl halides is 3. The maximum atomic E-state index is 12.1. The quantitative estimate of drug-likeness (QED) is 0.481. The molecule has 1 rings (SSSR count). The Morgan fingerprint density at radius 2 is 2.11 bits per heavy atom. The Morgan fingerprint density at radius 1 is 1.53 bits per heavy atom. The molecule has 0 amide bonds. The lowest BCUT2D eigenvalue weighted by atomic mass is 10.2. The fourth-order valence-corrected chi connectivity index (χ4v) is 1.36. The third kappa shape index (κ3) is 3.44. The van der Waals surface area contributed by atoms with Crippen molar-refractivity contribution in [1.82, 2.24) is 4.98 Å².